The van der Waals surface area contributed by atoms with E-state index in [-0.39, 0.29) is 35.5 Å². The molecule has 1 unspecified atom stereocenters. The van der Waals surface area contributed by atoms with E-state index in [0.29, 0.717) is 12.8 Å². The first-order valence-electron chi connectivity index (χ1n) is 8.98. The Bertz CT molecular complexity index is 822. The summed E-state index contributed by atoms with van der Waals surface area (Å²) in [5.41, 5.74) is 0.461. The molecular formula is C21H26N2O4. The summed E-state index contributed by atoms with van der Waals surface area (Å²) in [7, 11) is 0. The van der Waals surface area contributed by atoms with Crippen LogP contribution < -0.4 is 10.9 Å². The first kappa shape index (κ1) is 20.4. The van der Waals surface area contributed by atoms with Crippen molar-refractivity contribution in [2.75, 3.05) is 0 Å². The Morgan fingerprint density at radius 3 is 2.48 bits per heavy atom. The molecule has 1 heterocycles. The van der Waals surface area contributed by atoms with E-state index in [2.05, 4.69) is 10.3 Å². The van der Waals surface area contributed by atoms with Crippen LogP contribution in [0.3, 0.4) is 0 Å². The fraction of sp³-hybridized carbons (Fsp3) is 0.381. The molecule has 6 nitrogen and oxygen atoms in total. The molecule has 1 atom stereocenters. The van der Waals surface area contributed by atoms with Crippen LogP contribution in [0.5, 0.6) is 0 Å². The number of rotatable bonds is 7. The molecule has 0 spiro atoms. The Hall–Kier alpha value is -2.89. The van der Waals surface area contributed by atoms with E-state index in [1.807, 2.05) is 51.1 Å². The van der Waals surface area contributed by atoms with Gasteiger partial charge in [-0.15, -0.1) is 0 Å². The summed E-state index contributed by atoms with van der Waals surface area (Å²) in [6.07, 6.45) is 2.66. The fourth-order valence-corrected chi connectivity index (χ4v) is 2.66. The summed E-state index contributed by atoms with van der Waals surface area (Å²) in [5, 5.41) is 2.93. The molecule has 1 amide bonds. The predicted octanol–water partition coefficient (Wildman–Crippen LogP) is 2.84. The van der Waals surface area contributed by atoms with Crippen LogP contribution >= 0.6 is 0 Å². The van der Waals surface area contributed by atoms with Crippen molar-refractivity contribution >= 4 is 11.9 Å². The second kappa shape index (κ2) is 9.16. The third-order valence-electron chi connectivity index (χ3n) is 3.81. The molecule has 0 aliphatic carbocycles. The Kier molecular flexibility index (Phi) is 6.93. The predicted molar refractivity (Wildman–Crippen MR) is 104 cm³/mol. The van der Waals surface area contributed by atoms with Gasteiger partial charge in [0.1, 0.15) is 5.60 Å². The third-order valence-corrected chi connectivity index (χ3v) is 3.81. The van der Waals surface area contributed by atoms with Gasteiger partial charge >= 0.3 is 5.97 Å². The maximum atomic E-state index is 12.5. The molecule has 1 aromatic heterocycles. The molecule has 2 N–H and O–H groups in total. The Morgan fingerprint density at radius 2 is 1.85 bits per heavy atom. The molecule has 1 aromatic carbocycles. The highest BCUT2D eigenvalue weighted by Gasteiger charge is 2.20. The first-order valence-corrected chi connectivity index (χ1v) is 8.98. The number of nitrogens with one attached hydrogen (secondary N) is 2. The lowest BCUT2D eigenvalue weighted by molar-refractivity contribution is -0.155. The zero-order valence-electron chi connectivity index (χ0n) is 16.0. The summed E-state index contributed by atoms with van der Waals surface area (Å²) in [6, 6.07) is 12.3. The molecule has 27 heavy (non-hydrogen) atoms. The number of hydrogen-bond acceptors (Lipinski definition) is 4. The molecule has 0 saturated carbocycles. The molecule has 0 fully saturated rings. The van der Waals surface area contributed by atoms with Gasteiger partial charge in [-0.25, -0.2) is 0 Å². The smallest absolute Gasteiger partial charge is 0.306 e. The lowest BCUT2D eigenvalue weighted by Gasteiger charge is -2.22. The van der Waals surface area contributed by atoms with Crippen molar-refractivity contribution in [1.29, 1.82) is 0 Å². The molecule has 0 aliphatic heterocycles. The van der Waals surface area contributed by atoms with Crippen LogP contribution in [0.1, 0.15) is 49.5 Å². The number of aromatic amines is 1. The van der Waals surface area contributed by atoms with E-state index in [9.17, 15) is 14.4 Å². The third kappa shape index (κ3) is 7.48. The summed E-state index contributed by atoms with van der Waals surface area (Å²) < 4.78 is 5.35. The van der Waals surface area contributed by atoms with Gasteiger partial charge in [-0.2, -0.15) is 0 Å². The summed E-state index contributed by atoms with van der Waals surface area (Å²) >= 11 is 0. The van der Waals surface area contributed by atoms with Crippen molar-refractivity contribution in [3.8, 4) is 0 Å². The Labute approximate surface area is 159 Å². The number of amides is 1. The number of hydrogen-bond donors (Lipinski definition) is 2. The number of aromatic nitrogens is 1. The van der Waals surface area contributed by atoms with Gasteiger partial charge in [0.15, 0.2) is 0 Å². The molecule has 0 aliphatic rings. The SMILES string of the molecule is CC(C)(C)OC(=O)CCC(Cc1ccccc1)NC(=O)c1cc[nH]c(=O)c1. The fourth-order valence-electron chi connectivity index (χ4n) is 2.66. The second-order valence-corrected chi connectivity index (χ2v) is 7.43. The molecular weight excluding hydrogens is 344 g/mol. The van der Waals surface area contributed by atoms with Crippen molar-refractivity contribution in [3.63, 3.8) is 0 Å². The number of esters is 1. The monoisotopic (exact) mass is 370 g/mol. The van der Waals surface area contributed by atoms with Gasteiger partial charge in [-0.05, 0) is 45.2 Å². The number of pyridine rings is 1. The van der Waals surface area contributed by atoms with Crippen LogP contribution in [0.15, 0.2) is 53.5 Å². The van der Waals surface area contributed by atoms with E-state index in [4.69, 9.17) is 4.74 Å². The van der Waals surface area contributed by atoms with E-state index < -0.39 is 5.60 Å². The minimum Gasteiger partial charge on any atom is -0.460 e. The van der Waals surface area contributed by atoms with Crippen LogP contribution in [0.2, 0.25) is 0 Å². The largest absolute Gasteiger partial charge is 0.460 e. The average Bonchev–Trinajstić information content (AvgIpc) is 2.59. The maximum Gasteiger partial charge on any atom is 0.306 e. The van der Waals surface area contributed by atoms with Gasteiger partial charge < -0.3 is 15.0 Å². The topological polar surface area (TPSA) is 88.3 Å². The molecule has 144 valence electrons. The Morgan fingerprint density at radius 1 is 1.15 bits per heavy atom. The summed E-state index contributed by atoms with van der Waals surface area (Å²) in [4.78, 5) is 38.4. The summed E-state index contributed by atoms with van der Waals surface area (Å²) in [6.45, 7) is 5.46. The van der Waals surface area contributed by atoms with Crippen molar-refractivity contribution in [1.82, 2.24) is 10.3 Å². The highest BCUT2D eigenvalue weighted by Crippen LogP contribution is 2.13. The normalized spacial score (nSPS) is 12.3. The van der Waals surface area contributed by atoms with E-state index >= 15 is 0 Å². The van der Waals surface area contributed by atoms with Gasteiger partial charge in [0, 0.05) is 30.3 Å². The minimum atomic E-state index is -0.541. The van der Waals surface area contributed by atoms with Crippen LogP contribution in [0.25, 0.3) is 0 Å². The quantitative estimate of drug-likeness (QED) is 0.734. The van der Waals surface area contributed by atoms with E-state index in [1.165, 1.54) is 12.3 Å². The first-order chi connectivity index (χ1) is 12.7. The van der Waals surface area contributed by atoms with Gasteiger partial charge in [-0.3, -0.25) is 14.4 Å². The van der Waals surface area contributed by atoms with Crippen molar-refractivity contribution < 1.29 is 14.3 Å². The van der Waals surface area contributed by atoms with Crippen molar-refractivity contribution in [2.45, 2.75) is 51.7 Å². The van der Waals surface area contributed by atoms with Crippen LogP contribution in [0.4, 0.5) is 0 Å². The highest BCUT2D eigenvalue weighted by molar-refractivity contribution is 5.94. The van der Waals surface area contributed by atoms with Gasteiger partial charge in [0.25, 0.3) is 5.91 Å². The van der Waals surface area contributed by atoms with Crippen LogP contribution in [-0.2, 0) is 16.0 Å². The Balaban J connectivity index is 2.06. The number of ether oxygens (including phenoxy) is 1. The van der Waals surface area contributed by atoms with Crippen LogP contribution in [-0.4, -0.2) is 28.5 Å². The van der Waals surface area contributed by atoms with Crippen molar-refractivity contribution in [2.24, 2.45) is 0 Å². The number of carbonyl (C=O) groups excluding carboxylic acids is 2. The van der Waals surface area contributed by atoms with E-state index in [0.717, 1.165) is 5.56 Å². The zero-order chi connectivity index (χ0) is 19.9. The number of carbonyl (C=O) groups is 2. The molecule has 0 radical (unpaired) electrons. The molecule has 2 rings (SSSR count). The second-order valence-electron chi connectivity index (χ2n) is 7.43. The zero-order valence-corrected chi connectivity index (χ0v) is 16.0. The molecule has 2 aromatic rings. The molecule has 0 saturated heterocycles. The number of benzene rings is 1. The van der Waals surface area contributed by atoms with Gasteiger partial charge in [-0.1, -0.05) is 30.3 Å². The highest BCUT2D eigenvalue weighted by atomic mass is 16.6. The van der Waals surface area contributed by atoms with Gasteiger partial charge in [0.05, 0.1) is 0 Å². The minimum absolute atomic E-state index is 0.199. The number of H-pyrrole nitrogens is 1. The molecule has 0 bridgehead atoms. The van der Waals surface area contributed by atoms with Crippen LogP contribution in [0, 0.1) is 0 Å². The molecule has 6 heteroatoms. The standard InChI is InChI=1S/C21H26N2O4/c1-21(2,3)27-19(25)10-9-17(13-15-7-5-4-6-8-15)23-20(26)16-11-12-22-18(24)14-16/h4-8,11-12,14,17H,9-10,13H2,1-3H3,(H,22,24)(H,23,26). The lowest BCUT2D eigenvalue weighted by atomic mass is 10.0. The van der Waals surface area contributed by atoms with Crippen molar-refractivity contribution in [3.05, 3.63) is 70.1 Å². The lowest BCUT2D eigenvalue weighted by Crippen LogP contribution is -2.37. The maximum absolute atomic E-state index is 12.5. The van der Waals surface area contributed by atoms with E-state index in [1.54, 1.807) is 6.07 Å². The van der Waals surface area contributed by atoms with Gasteiger partial charge in [0.2, 0.25) is 5.56 Å². The average molecular weight is 370 g/mol. The summed E-state index contributed by atoms with van der Waals surface area (Å²) in [5.74, 6) is -0.641.